The minimum atomic E-state index is -3.88. The van der Waals surface area contributed by atoms with Crippen LogP contribution in [0, 0.1) is 28.8 Å². The van der Waals surface area contributed by atoms with Crippen LogP contribution in [-0.2, 0) is 10.0 Å². The van der Waals surface area contributed by atoms with Crippen LogP contribution >= 0.6 is 0 Å². The average Bonchev–Trinajstić information content (AvgIpc) is 2.33. The third kappa shape index (κ3) is 4.75. The lowest BCUT2D eigenvalue weighted by Crippen LogP contribution is -2.26. The zero-order valence-corrected chi connectivity index (χ0v) is 13.0. The van der Waals surface area contributed by atoms with Crippen molar-refractivity contribution in [1.82, 2.24) is 4.72 Å². The zero-order valence-electron chi connectivity index (χ0n) is 12.2. The molecule has 0 aliphatic carbocycles. The molecular formula is C13H19FN2O4S. The summed E-state index contributed by atoms with van der Waals surface area (Å²) in [5.74, 6) is -0.584. The summed E-state index contributed by atoms with van der Waals surface area (Å²) >= 11 is 0. The van der Waals surface area contributed by atoms with Gasteiger partial charge in [-0.2, -0.15) is 4.39 Å². The van der Waals surface area contributed by atoms with E-state index in [1.54, 1.807) is 0 Å². The Labute approximate surface area is 123 Å². The molecule has 0 radical (unpaired) electrons. The summed E-state index contributed by atoms with van der Waals surface area (Å²) in [6.45, 7) is 5.70. The molecule has 0 atom stereocenters. The smallest absolute Gasteiger partial charge is 0.258 e. The van der Waals surface area contributed by atoms with E-state index in [1.165, 1.54) is 6.92 Å². The van der Waals surface area contributed by atoms with E-state index in [2.05, 4.69) is 4.72 Å². The molecule has 1 rings (SSSR count). The summed E-state index contributed by atoms with van der Waals surface area (Å²) in [6, 6.07) is 1.62. The molecule has 0 saturated carbocycles. The standard InChI is InChI=1S/C13H19FN2O4S/c1-9(2)5-4-6-15-21(19,20)13-8-12(16(17)18)11(14)7-10(13)3/h7-9,15H,4-6H2,1-3H3. The van der Waals surface area contributed by atoms with Gasteiger partial charge in [0.05, 0.1) is 9.82 Å². The SMILES string of the molecule is Cc1cc(F)c([N+](=O)[O-])cc1S(=O)(=O)NCCCC(C)C. The minimum absolute atomic E-state index is 0.134. The topological polar surface area (TPSA) is 89.3 Å². The number of halogens is 1. The summed E-state index contributed by atoms with van der Waals surface area (Å²) in [5.41, 5.74) is -0.711. The molecule has 118 valence electrons. The number of rotatable bonds is 7. The number of nitro benzene ring substituents is 1. The van der Waals surface area contributed by atoms with Gasteiger partial charge in [-0.15, -0.1) is 0 Å². The maximum Gasteiger partial charge on any atom is 0.306 e. The zero-order chi connectivity index (χ0) is 16.2. The number of nitrogens with one attached hydrogen (secondary N) is 1. The quantitative estimate of drug-likeness (QED) is 0.475. The van der Waals surface area contributed by atoms with Crippen LogP contribution in [0.25, 0.3) is 0 Å². The van der Waals surface area contributed by atoms with Crippen LogP contribution < -0.4 is 4.72 Å². The molecule has 1 aromatic carbocycles. The number of nitrogens with zero attached hydrogens (tertiary/aromatic N) is 1. The van der Waals surface area contributed by atoms with E-state index in [9.17, 15) is 22.9 Å². The van der Waals surface area contributed by atoms with Gasteiger partial charge >= 0.3 is 5.69 Å². The lowest BCUT2D eigenvalue weighted by Gasteiger charge is -2.10. The molecule has 0 fully saturated rings. The molecule has 0 bridgehead atoms. The highest BCUT2D eigenvalue weighted by atomic mass is 32.2. The van der Waals surface area contributed by atoms with Crippen LogP contribution in [0.15, 0.2) is 17.0 Å². The Morgan fingerprint density at radius 3 is 2.52 bits per heavy atom. The third-order valence-electron chi connectivity index (χ3n) is 2.98. The number of benzene rings is 1. The predicted molar refractivity (Wildman–Crippen MR) is 77.1 cm³/mol. The molecule has 8 heteroatoms. The van der Waals surface area contributed by atoms with Crippen LogP contribution in [0.2, 0.25) is 0 Å². The van der Waals surface area contributed by atoms with Gasteiger partial charge in [0.15, 0.2) is 0 Å². The molecule has 6 nitrogen and oxygen atoms in total. The largest absolute Gasteiger partial charge is 0.306 e. The molecule has 0 unspecified atom stereocenters. The van der Waals surface area contributed by atoms with Crippen LogP contribution in [0.5, 0.6) is 0 Å². The normalized spacial score (nSPS) is 11.9. The molecule has 0 spiro atoms. The Morgan fingerprint density at radius 2 is 2.00 bits per heavy atom. The Balaban J connectivity index is 2.97. The molecule has 0 amide bonds. The summed E-state index contributed by atoms with van der Waals surface area (Å²) in [7, 11) is -3.88. The highest BCUT2D eigenvalue weighted by Gasteiger charge is 2.23. The summed E-state index contributed by atoms with van der Waals surface area (Å²) in [5, 5.41) is 10.7. The number of nitro groups is 1. The van der Waals surface area contributed by atoms with E-state index in [0.29, 0.717) is 12.3 Å². The van der Waals surface area contributed by atoms with Crippen LogP contribution in [0.3, 0.4) is 0 Å². The van der Waals surface area contributed by atoms with Crippen molar-refractivity contribution in [2.75, 3.05) is 6.54 Å². The first kappa shape index (κ1) is 17.5. The Hall–Kier alpha value is -1.54. The van der Waals surface area contributed by atoms with Gasteiger partial charge in [-0.05, 0) is 37.3 Å². The summed E-state index contributed by atoms with van der Waals surface area (Å²) < 4.78 is 40.0. The fraction of sp³-hybridized carbons (Fsp3) is 0.538. The van der Waals surface area contributed by atoms with Crippen LogP contribution in [0.4, 0.5) is 10.1 Å². The molecule has 0 heterocycles. The van der Waals surface area contributed by atoms with E-state index in [4.69, 9.17) is 0 Å². The Bertz CT molecular complexity index is 629. The minimum Gasteiger partial charge on any atom is -0.258 e. The molecule has 1 aromatic rings. The number of sulfonamides is 1. The third-order valence-corrected chi connectivity index (χ3v) is 4.58. The lowest BCUT2D eigenvalue weighted by molar-refractivity contribution is -0.387. The average molecular weight is 318 g/mol. The second kappa shape index (κ2) is 6.95. The highest BCUT2D eigenvalue weighted by Crippen LogP contribution is 2.25. The fourth-order valence-electron chi connectivity index (χ4n) is 1.87. The molecule has 1 N–H and O–H groups in total. The Morgan fingerprint density at radius 1 is 1.38 bits per heavy atom. The monoisotopic (exact) mass is 318 g/mol. The fourth-order valence-corrected chi connectivity index (χ4v) is 3.18. The second-order valence-corrected chi connectivity index (χ2v) is 7.00. The molecular weight excluding hydrogens is 299 g/mol. The highest BCUT2D eigenvalue weighted by molar-refractivity contribution is 7.89. The van der Waals surface area contributed by atoms with Crippen molar-refractivity contribution in [1.29, 1.82) is 0 Å². The van der Waals surface area contributed by atoms with E-state index in [0.717, 1.165) is 18.6 Å². The number of hydrogen-bond donors (Lipinski definition) is 1. The number of aryl methyl sites for hydroxylation is 1. The Kier molecular flexibility index (Phi) is 5.79. The van der Waals surface area contributed by atoms with E-state index in [1.807, 2.05) is 13.8 Å². The van der Waals surface area contributed by atoms with Gasteiger partial charge < -0.3 is 0 Å². The first-order chi connectivity index (χ1) is 9.65. The van der Waals surface area contributed by atoms with Gasteiger partial charge in [-0.25, -0.2) is 13.1 Å². The maximum absolute atomic E-state index is 13.4. The van der Waals surface area contributed by atoms with Gasteiger partial charge in [0, 0.05) is 12.6 Å². The van der Waals surface area contributed by atoms with Crippen molar-refractivity contribution >= 4 is 15.7 Å². The molecule has 21 heavy (non-hydrogen) atoms. The molecule has 0 aliphatic rings. The van der Waals surface area contributed by atoms with Gasteiger partial charge in [-0.3, -0.25) is 10.1 Å². The van der Waals surface area contributed by atoms with Crippen molar-refractivity contribution in [2.24, 2.45) is 5.92 Å². The first-order valence-corrected chi connectivity index (χ1v) is 8.07. The van der Waals surface area contributed by atoms with E-state index >= 15 is 0 Å². The van der Waals surface area contributed by atoms with Crippen molar-refractivity contribution in [3.05, 3.63) is 33.6 Å². The van der Waals surface area contributed by atoms with Crippen molar-refractivity contribution in [2.45, 2.75) is 38.5 Å². The van der Waals surface area contributed by atoms with Crippen LogP contribution in [-0.4, -0.2) is 19.9 Å². The number of hydrogen-bond acceptors (Lipinski definition) is 4. The first-order valence-electron chi connectivity index (χ1n) is 6.59. The maximum atomic E-state index is 13.4. The predicted octanol–water partition coefficient (Wildman–Crippen LogP) is 2.76. The molecule has 0 aliphatic heterocycles. The van der Waals surface area contributed by atoms with Crippen molar-refractivity contribution < 1.29 is 17.7 Å². The van der Waals surface area contributed by atoms with Crippen molar-refractivity contribution in [3.8, 4) is 0 Å². The van der Waals surface area contributed by atoms with Crippen LogP contribution in [0.1, 0.15) is 32.3 Å². The van der Waals surface area contributed by atoms with E-state index in [-0.39, 0.29) is 17.0 Å². The van der Waals surface area contributed by atoms with Crippen molar-refractivity contribution in [3.63, 3.8) is 0 Å². The van der Waals surface area contributed by atoms with Gasteiger partial charge in [0.25, 0.3) is 0 Å². The molecule has 0 saturated heterocycles. The molecule has 0 aromatic heterocycles. The summed E-state index contributed by atoms with van der Waals surface area (Å²) in [6.07, 6.45) is 1.53. The van der Waals surface area contributed by atoms with Gasteiger partial charge in [-0.1, -0.05) is 13.8 Å². The van der Waals surface area contributed by atoms with E-state index < -0.39 is 26.5 Å². The van der Waals surface area contributed by atoms with Gasteiger partial charge in [0.1, 0.15) is 0 Å². The lowest BCUT2D eigenvalue weighted by atomic mass is 10.1. The summed E-state index contributed by atoms with van der Waals surface area (Å²) in [4.78, 5) is 9.50. The van der Waals surface area contributed by atoms with Gasteiger partial charge in [0.2, 0.25) is 15.8 Å². The second-order valence-electron chi connectivity index (χ2n) is 5.26.